The molecule has 6 nitrogen and oxygen atoms in total. The highest BCUT2D eigenvalue weighted by atomic mass is 35.5. The third kappa shape index (κ3) is 3.57. The first kappa shape index (κ1) is 17.3. The van der Waals surface area contributed by atoms with Gasteiger partial charge in [-0.25, -0.2) is 4.79 Å². The minimum atomic E-state index is -0.721. The zero-order valence-corrected chi connectivity index (χ0v) is 14.8. The van der Waals surface area contributed by atoms with Crippen LogP contribution < -0.4 is 5.32 Å². The van der Waals surface area contributed by atoms with Crippen LogP contribution in [0, 0.1) is 0 Å². The number of amides is 1. The second-order valence-corrected chi connectivity index (χ2v) is 6.65. The van der Waals surface area contributed by atoms with E-state index < -0.39 is 12.6 Å². The van der Waals surface area contributed by atoms with E-state index in [0.29, 0.717) is 40.1 Å². The van der Waals surface area contributed by atoms with Crippen LogP contribution in [0.2, 0.25) is 5.02 Å². The van der Waals surface area contributed by atoms with E-state index in [4.69, 9.17) is 20.8 Å². The molecule has 1 N–H and O–H groups in total. The molecule has 3 aromatic rings. The number of carbonyl (C=O) groups is 3. The molecule has 136 valence electrons. The molecule has 0 bridgehead atoms. The Balaban J connectivity index is 1.44. The molecule has 1 aliphatic rings. The summed E-state index contributed by atoms with van der Waals surface area (Å²) < 4.78 is 10.5. The fourth-order valence-corrected chi connectivity index (χ4v) is 3.14. The summed E-state index contributed by atoms with van der Waals surface area (Å²) in [6.07, 6.45) is 0.958. The van der Waals surface area contributed by atoms with Crippen LogP contribution in [0.4, 0.5) is 5.69 Å². The fraction of sp³-hybridized carbons (Fsp3) is 0.150. The summed E-state index contributed by atoms with van der Waals surface area (Å²) in [6.45, 7) is -0.401. The van der Waals surface area contributed by atoms with Gasteiger partial charge in [-0.3, -0.25) is 9.59 Å². The summed E-state index contributed by atoms with van der Waals surface area (Å²) >= 11 is 5.91. The molecular formula is C20H14ClNO5. The molecule has 7 heteroatoms. The number of hydrogen-bond donors (Lipinski definition) is 1. The first-order valence-electron chi connectivity index (χ1n) is 8.32. The van der Waals surface area contributed by atoms with E-state index in [1.165, 1.54) is 6.07 Å². The van der Waals surface area contributed by atoms with Gasteiger partial charge in [0.15, 0.2) is 12.4 Å². The number of nitrogens with one attached hydrogen (secondary N) is 1. The predicted octanol–water partition coefficient (Wildman–Crippen LogP) is 4.01. The van der Waals surface area contributed by atoms with Crippen LogP contribution >= 0.6 is 11.6 Å². The number of hydrogen-bond acceptors (Lipinski definition) is 5. The highest BCUT2D eigenvalue weighted by Gasteiger charge is 2.19. The van der Waals surface area contributed by atoms with Gasteiger partial charge in [0.05, 0.1) is 0 Å². The molecule has 1 aromatic heterocycles. The largest absolute Gasteiger partial charge is 0.451 e. The molecule has 0 saturated heterocycles. The highest BCUT2D eigenvalue weighted by Crippen LogP contribution is 2.25. The summed E-state index contributed by atoms with van der Waals surface area (Å²) in [6, 6.07) is 11.5. The van der Waals surface area contributed by atoms with Crippen LogP contribution in [0.5, 0.6) is 0 Å². The van der Waals surface area contributed by atoms with E-state index in [2.05, 4.69) is 5.32 Å². The fourth-order valence-electron chi connectivity index (χ4n) is 2.96. The van der Waals surface area contributed by atoms with E-state index in [0.717, 1.165) is 5.56 Å². The summed E-state index contributed by atoms with van der Waals surface area (Å²) in [5.74, 6) is -1.08. The Morgan fingerprint density at radius 1 is 1.11 bits per heavy atom. The van der Waals surface area contributed by atoms with Gasteiger partial charge in [0.2, 0.25) is 11.7 Å². The van der Waals surface area contributed by atoms with Gasteiger partial charge in [0.25, 0.3) is 0 Å². The highest BCUT2D eigenvalue weighted by molar-refractivity contribution is 6.31. The quantitative estimate of drug-likeness (QED) is 0.543. The Hall–Kier alpha value is -3.12. The van der Waals surface area contributed by atoms with Crippen molar-refractivity contribution in [1.82, 2.24) is 0 Å². The third-order valence-electron chi connectivity index (χ3n) is 4.34. The molecule has 0 fully saturated rings. The standard InChI is InChI=1S/C20H14ClNO5/c21-14-3-5-17-13(8-14)9-18(27-17)20(25)26-10-16(23)12-1-4-15-11(7-12)2-6-19(24)22-15/h1,3-5,7-9H,2,6,10H2,(H,22,24). The second-order valence-electron chi connectivity index (χ2n) is 6.21. The van der Waals surface area contributed by atoms with Crippen molar-refractivity contribution in [3.63, 3.8) is 0 Å². The lowest BCUT2D eigenvalue weighted by Crippen LogP contribution is -2.20. The minimum absolute atomic E-state index is 0.00761. The van der Waals surface area contributed by atoms with Crippen molar-refractivity contribution in [1.29, 1.82) is 0 Å². The monoisotopic (exact) mass is 383 g/mol. The zero-order valence-electron chi connectivity index (χ0n) is 14.1. The Bertz CT molecular complexity index is 1090. The average molecular weight is 384 g/mol. The topological polar surface area (TPSA) is 85.6 Å². The van der Waals surface area contributed by atoms with Crippen LogP contribution in [0.15, 0.2) is 46.9 Å². The summed E-state index contributed by atoms with van der Waals surface area (Å²) in [5.41, 5.74) is 2.53. The van der Waals surface area contributed by atoms with Gasteiger partial charge in [0.1, 0.15) is 5.58 Å². The van der Waals surface area contributed by atoms with E-state index in [1.54, 1.807) is 36.4 Å². The number of fused-ring (bicyclic) bond motifs is 2. The molecule has 0 radical (unpaired) electrons. The van der Waals surface area contributed by atoms with Gasteiger partial charge >= 0.3 is 5.97 Å². The molecule has 0 spiro atoms. The molecular weight excluding hydrogens is 370 g/mol. The molecule has 0 aliphatic carbocycles. The first-order valence-corrected chi connectivity index (χ1v) is 8.69. The lowest BCUT2D eigenvalue weighted by atomic mass is 9.99. The average Bonchev–Trinajstić information content (AvgIpc) is 3.08. The number of Topliss-reactive ketones (excluding diaryl/α,β-unsaturated/α-hetero) is 1. The van der Waals surface area contributed by atoms with Crippen molar-refractivity contribution < 1.29 is 23.5 Å². The Morgan fingerprint density at radius 2 is 1.96 bits per heavy atom. The first-order chi connectivity index (χ1) is 13.0. The maximum absolute atomic E-state index is 12.3. The number of benzene rings is 2. The van der Waals surface area contributed by atoms with E-state index in [9.17, 15) is 14.4 Å². The van der Waals surface area contributed by atoms with E-state index in [1.807, 2.05) is 0 Å². The molecule has 1 aliphatic heterocycles. The molecule has 0 saturated carbocycles. The van der Waals surface area contributed by atoms with Crippen molar-refractivity contribution in [2.45, 2.75) is 12.8 Å². The van der Waals surface area contributed by atoms with Gasteiger partial charge in [-0.1, -0.05) is 11.6 Å². The Labute approximate surface area is 159 Å². The summed E-state index contributed by atoms with van der Waals surface area (Å²) in [7, 11) is 0. The number of aryl methyl sites for hydroxylation is 1. The van der Waals surface area contributed by atoms with Gasteiger partial charge in [0, 0.05) is 28.1 Å². The van der Waals surface area contributed by atoms with Gasteiger partial charge < -0.3 is 14.5 Å². The van der Waals surface area contributed by atoms with Crippen molar-refractivity contribution in [3.8, 4) is 0 Å². The molecule has 2 aromatic carbocycles. The Kier molecular flexibility index (Phi) is 4.41. The summed E-state index contributed by atoms with van der Waals surface area (Å²) in [5, 5.41) is 3.96. The number of halogens is 1. The number of ether oxygens (including phenoxy) is 1. The predicted molar refractivity (Wildman–Crippen MR) is 99.2 cm³/mol. The van der Waals surface area contributed by atoms with Crippen molar-refractivity contribution >= 4 is 45.9 Å². The number of anilines is 1. The number of esters is 1. The summed E-state index contributed by atoms with van der Waals surface area (Å²) in [4.78, 5) is 35.9. The van der Waals surface area contributed by atoms with Gasteiger partial charge in [-0.15, -0.1) is 0 Å². The van der Waals surface area contributed by atoms with E-state index in [-0.39, 0.29) is 17.5 Å². The number of rotatable bonds is 4. The second kappa shape index (κ2) is 6.89. The van der Waals surface area contributed by atoms with Crippen LogP contribution in [0.3, 0.4) is 0 Å². The number of furan rings is 1. The maximum Gasteiger partial charge on any atom is 0.374 e. The Morgan fingerprint density at radius 3 is 2.81 bits per heavy atom. The molecule has 2 heterocycles. The molecule has 0 unspecified atom stereocenters. The molecule has 4 rings (SSSR count). The third-order valence-corrected chi connectivity index (χ3v) is 4.57. The van der Waals surface area contributed by atoms with Crippen molar-refractivity contribution in [2.75, 3.05) is 11.9 Å². The maximum atomic E-state index is 12.3. The minimum Gasteiger partial charge on any atom is -0.451 e. The van der Waals surface area contributed by atoms with Crippen LogP contribution in [-0.4, -0.2) is 24.3 Å². The number of ketones is 1. The molecule has 0 atom stereocenters. The zero-order chi connectivity index (χ0) is 19.0. The molecule has 27 heavy (non-hydrogen) atoms. The van der Waals surface area contributed by atoms with Gasteiger partial charge in [-0.2, -0.15) is 0 Å². The lowest BCUT2D eigenvalue weighted by Gasteiger charge is -2.17. The van der Waals surface area contributed by atoms with Crippen LogP contribution in [-0.2, 0) is 16.0 Å². The van der Waals surface area contributed by atoms with Crippen molar-refractivity contribution in [2.24, 2.45) is 0 Å². The van der Waals surface area contributed by atoms with Crippen LogP contribution in [0.1, 0.15) is 32.9 Å². The van der Waals surface area contributed by atoms with Crippen molar-refractivity contribution in [3.05, 3.63) is 64.4 Å². The smallest absolute Gasteiger partial charge is 0.374 e. The van der Waals surface area contributed by atoms with E-state index >= 15 is 0 Å². The van der Waals surface area contributed by atoms with Gasteiger partial charge in [-0.05, 0) is 54.4 Å². The molecule has 1 amide bonds. The SMILES string of the molecule is O=C1CCc2cc(C(=O)COC(=O)c3cc4cc(Cl)ccc4o3)ccc2N1. The number of carbonyl (C=O) groups excluding carboxylic acids is 3. The van der Waals surface area contributed by atoms with Crippen LogP contribution in [0.25, 0.3) is 11.0 Å². The lowest BCUT2D eigenvalue weighted by molar-refractivity contribution is -0.116. The normalized spacial score (nSPS) is 13.1.